The number of likely N-dealkylation sites (tertiary alicyclic amines) is 1. The Kier molecular flexibility index (Phi) is 2.88. The molecule has 4 nitrogen and oxygen atoms in total. The molecule has 0 radical (unpaired) electrons. The number of carbonyl (C=O) groups is 1. The van der Waals surface area contributed by atoms with Gasteiger partial charge in [-0.2, -0.15) is 0 Å². The van der Waals surface area contributed by atoms with E-state index >= 15 is 0 Å². The maximum Gasteiger partial charge on any atom is 0.337 e. The average Bonchev–Trinajstić information content (AvgIpc) is 2.29. The summed E-state index contributed by atoms with van der Waals surface area (Å²) in [6.07, 6.45) is 0.566. The van der Waals surface area contributed by atoms with Gasteiger partial charge in [-0.3, -0.25) is 0 Å². The molecule has 0 aromatic rings. The van der Waals surface area contributed by atoms with E-state index in [-0.39, 0.29) is 0 Å². The smallest absolute Gasteiger partial charge is 0.337 e. The number of nitrogens with zero attached hydrogens (tertiary/aromatic N) is 1. The van der Waals surface area contributed by atoms with Crippen molar-refractivity contribution in [3.8, 4) is 0 Å². The van der Waals surface area contributed by atoms with Crippen molar-refractivity contribution in [1.29, 1.82) is 0 Å². The van der Waals surface area contributed by atoms with Crippen LogP contribution in [-0.2, 0) is 9.53 Å². The monoisotopic (exact) mass is 201 g/mol. The predicted octanol–water partition coefficient (Wildman–Crippen LogP) is 0.960. The molecule has 0 spiro atoms. The maximum absolute atomic E-state index is 11.2. The number of ether oxygens (including phenoxy) is 1. The van der Waals surface area contributed by atoms with Crippen LogP contribution in [0, 0.1) is 0 Å². The van der Waals surface area contributed by atoms with Crippen LogP contribution in [0.2, 0.25) is 0 Å². The van der Waals surface area contributed by atoms with E-state index in [9.17, 15) is 9.90 Å². The van der Waals surface area contributed by atoms with Crippen LogP contribution >= 0.6 is 0 Å². The Morgan fingerprint density at radius 2 is 2.07 bits per heavy atom. The fourth-order valence-corrected chi connectivity index (χ4v) is 1.85. The summed E-state index contributed by atoms with van der Waals surface area (Å²) in [5.41, 5.74) is -1.42. The van der Waals surface area contributed by atoms with Crippen LogP contribution in [0.4, 0.5) is 0 Å². The molecule has 0 saturated carbocycles. The van der Waals surface area contributed by atoms with Crippen molar-refractivity contribution in [2.24, 2.45) is 0 Å². The van der Waals surface area contributed by atoms with Crippen LogP contribution < -0.4 is 0 Å². The number of hydrogen-bond donors (Lipinski definition) is 1. The molecule has 1 saturated heterocycles. The lowest BCUT2D eigenvalue weighted by molar-refractivity contribution is -0.181. The number of likely N-dealkylation sites (N-methyl/N-ethyl adjacent to an activating group) is 1. The summed E-state index contributed by atoms with van der Waals surface area (Å²) in [6.45, 7) is 6.91. The third kappa shape index (κ3) is 2.45. The van der Waals surface area contributed by atoms with E-state index in [0.717, 1.165) is 6.54 Å². The first-order chi connectivity index (χ1) is 6.25. The second-order valence-corrected chi connectivity index (χ2v) is 5.00. The summed E-state index contributed by atoms with van der Waals surface area (Å²) >= 11 is 0. The number of hydrogen-bond acceptors (Lipinski definition) is 3. The van der Waals surface area contributed by atoms with Crippen molar-refractivity contribution in [2.45, 2.75) is 38.4 Å². The molecular weight excluding hydrogens is 182 g/mol. The largest absolute Gasteiger partial charge is 0.479 e. The Bertz CT molecular complexity index is 234. The highest BCUT2D eigenvalue weighted by Gasteiger charge is 2.47. The van der Waals surface area contributed by atoms with Gasteiger partial charge in [-0.1, -0.05) is 0 Å². The van der Waals surface area contributed by atoms with Crippen LogP contribution in [0.1, 0.15) is 27.2 Å². The van der Waals surface area contributed by atoms with Crippen molar-refractivity contribution in [3.63, 3.8) is 0 Å². The van der Waals surface area contributed by atoms with Gasteiger partial charge in [0.1, 0.15) is 0 Å². The van der Waals surface area contributed by atoms with Crippen LogP contribution in [-0.4, -0.2) is 47.3 Å². The lowest BCUT2D eigenvalue weighted by Gasteiger charge is -2.32. The Labute approximate surface area is 84.8 Å². The van der Waals surface area contributed by atoms with Crippen LogP contribution in [0.25, 0.3) is 0 Å². The highest BCUT2D eigenvalue weighted by atomic mass is 16.5. The molecule has 1 N–H and O–H groups in total. The Balaban J connectivity index is 2.79. The number of aliphatic carboxylic acids is 1. The van der Waals surface area contributed by atoms with E-state index in [4.69, 9.17) is 4.74 Å². The fraction of sp³-hybridized carbons (Fsp3) is 0.900. The first-order valence-corrected chi connectivity index (χ1v) is 4.87. The van der Waals surface area contributed by atoms with Gasteiger partial charge in [0, 0.05) is 19.5 Å². The zero-order valence-corrected chi connectivity index (χ0v) is 9.33. The molecule has 1 aliphatic heterocycles. The first-order valence-electron chi connectivity index (χ1n) is 4.87. The topological polar surface area (TPSA) is 49.8 Å². The number of rotatable bonds is 2. The normalized spacial score (nSPS) is 29.4. The minimum Gasteiger partial charge on any atom is -0.479 e. The van der Waals surface area contributed by atoms with Gasteiger partial charge in [0.15, 0.2) is 5.60 Å². The SMILES string of the molecule is CN1CCC(OC(C)(C)C)(C(=O)O)C1. The van der Waals surface area contributed by atoms with Crippen molar-refractivity contribution in [1.82, 2.24) is 4.90 Å². The van der Waals surface area contributed by atoms with E-state index in [1.54, 1.807) is 0 Å². The van der Waals surface area contributed by atoms with Crippen molar-refractivity contribution < 1.29 is 14.6 Å². The summed E-state index contributed by atoms with van der Waals surface area (Å²) in [6, 6.07) is 0. The third-order valence-electron chi connectivity index (χ3n) is 2.31. The molecule has 0 aromatic carbocycles. The molecule has 0 aliphatic carbocycles. The second-order valence-electron chi connectivity index (χ2n) is 5.00. The van der Waals surface area contributed by atoms with Gasteiger partial charge < -0.3 is 14.7 Å². The lowest BCUT2D eigenvalue weighted by Crippen LogP contribution is -2.48. The first kappa shape index (κ1) is 11.5. The summed E-state index contributed by atoms with van der Waals surface area (Å²) in [4.78, 5) is 13.2. The van der Waals surface area contributed by atoms with Gasteiger partial charge in [-0.05, 0) is 27.8 Å². The summed E-state index contributed by atoms with van der Waals surface area (Å²) in [5, 5.41) is 9.19. The van der Waals surface area contributed by atoms with E-state index in [2.05, 4.69) is 0 Å². The van der Waals surface area contributed by atoms with Gasteiger partial charge in [0.2, 0.25) is 0 Å². The van der Waals surface area contributed by atoms with Crippen molar-refractivity contribution in [3.05, 3.63) is 0 Å². The summed E-state index contributed by atoms with van der Waals surface area (Å²) in [5.74, 6) is -0.850. The molecule has 0 amide bonds. The molecule has 1 heterocycles. The zero-order chi connectivity index (χ0) is 11.0. The fourth-order valence-electron chi connectivity index (χ4n) is 1.85. The van der Waals surface area contributed by atoms with Gasteiger partial charge in [0.25, 0.3) is 0 Å². The van der Waals surface area contributed by atoms with Crippen molar-refractivity contribution in [2.75, 3.05) is 20.1 Å². The van der Waals surface area contributed by atoms with Gasteiger partial charge in [-0.25, -0.2) is 4.79 Å². The van der Waals surface area contributed by atoms with Gasteiger partial charge >= 0.3 is 5.97 Å². The van der Waals surface area contributed by atoms with E-state index in [1.165, 1.54) is 0 Å². The minimum absolute atomic E-state index is 0.413. The molecule has 1 atom stereocenters. The highest BCUT2D eigenvalue weighted by Crippen LogP contribution is 2.29. The van der Waals surface area contributed by atoms with Crippen LogP contribution in [0.5, 0.6) is 0 Å². The van der Waals surface area contributed by atoms with E-state index in [0.29, 0.717) is 13.0 Å². The molecule has 1 aliphatic rings. The molecule has 4 heteroatoms. The summed E-state index contributed by atoms with van der Waals surface area (Å²) < 4.78 is 5.68. The average molecular weight is 201 g/mol. The minimum atomic E-state index is -1.01. The molecule has 14 heavy (non-hydrogen) atoms. The standard InChI is InChI=1S/C10H19NO3/c1-9(2,3)14-10(8(12)13)5-6-11(4)7-10/h5-7H2,1-4H3,(H,12,13). The Morgan fingerprint density at radius 1 is 1.50 bits per heavy atom. The molecule has 82 valence electrons. The Hall–Kier alpha value is -0.610. The van der Waals surface area contributed by atoms with E-state index < -0.39 is 17.2 Å². The number of carboxylic acid groups (broad SMARTS) is 1. The third-order valence-corrected chi connectivity index (χ3v) is 2.31. The van der Waals surface area contributed by atoms with Crippen LogP contribution in [0.3, 0.4) is 0 Å². The summed E-state index contributed by atoms with van der Waals surface area (Å²) in [7, 11) is 1.91. The zero-order valence-electron chi connectivity index (χ0n) is 9.33. The Morgan fingerprint density at radius 3 is 2.36 bits per heavy atom. The molecule has 1 fully saturated rings. The second kappa shape index (κ2) is 3.51. The lowest BCUT2D eigenvalue weighted by atomic mass is 10.0. The van der Waals surface area contributed by atoms with Crippen LogP contribution in [0.15, 0.2) is 0 Å². The van der Waals surface area contributed by atoms with Gasteiger partial charge in [0.05, 0.1) is 5.60 Å². The predicted molar refractivity (Wildman–Crippen MR) is 53.3 cm³/mol. The maximum atomic E-state index is 11.2. The quantitative estimate of drug-likeness (QED) is 0.723. The van der Waals surface area contributed by atoms with Crippen molar-refractivity contribution >= 4 is 5.97 Å². The van der Waals surface area contributed by atoms with Gasteiger partial charge in [-0.15, -0.1) is 0 Å². The molecule has 0 aromatic heterocycles. The molecule has 1 rings (SSSR count). The molecular formula is C10H19NO3. The molecule has 1 unspecified atom stereocenters. The number of carboxylic acids is 1. The highest BCUT2D eigenvalue weighted by molar-refractivity contribution is 5.78. The molecule has 0 bridgehead atoms. The van der Waals surface area contributed by atoms with E-state index in [1.807, 2.05) is 32.7 Å².